The third kappa shape index (κ3) is 2.90. The summed E-state index contributed by atoms with van der Waals surface area (Å²) in [7, 11) is 0. The lowest BCUT2D eigenvalue weighted by Gasteiger charge is -2.09. The molecule has 1 unspecified atom stereocenters. The highest BCUT2D eigenvalue weighted by Gasteiger charge is 2.12. The Labute approximate surface area is 97.8 Å². The summed E-state index contributed by atoms with van der Waals surface area (Å²) >= 11 is 0. The molecule has 0 aliphatic heterocycles. The zero-order chi connectivity index (χ0) is 12.3. The Balaban J connectivity index is 1.89. The number of rotatable bonds is 4. The van der Waals surface area contributed by atoms with Crippen LogP contribution in [-0.4, -0.2) is 25.8 Å². The Morgan fingerprint density at radius 2 is 2.47 bits per heavy atom. The molecule has 0 aliphatic carbocycles. The molecule has 2 heterocycles. The number of nitrogens with one attached hydrogen (secondary N) is 1. The molecule has 0 aromatic carbocycles. The first-order valence-corrected chi connectivity index (χ1v) is 5.22. The lowest BCUT2D eigenvalue weighted by molar-refractivity contribution is -0.116. The normalized spacial score (nSPS) is 12.4. The number of amides is 1. The predicted molar refractivity (Wildman–Crippen MR) is 59.2 cm³/mol. The first kappa shape index (κ1) is 11.3. The molecule has 0 radical (unpaired) electrons. The van der Waals surface area contributed by atoms with Gasteiger partial charge in [0.2, 0.25) is 5.91 Å². The fourth-order valence-electron chi connectivity index (χ4n) is 1.43. The maximum Gasteiger partial charge on any atom is 0.227 e. The molecule has 2 aromatic heterocycles. The van der Waals surface area contributed by atoms with E-state index in [-0.39, 0.29) is 11.9 Å². The van der Waals surface area contributed by atoms with Crippen molar-refractivity contribution in [2.24, 2.45) is 0 Å². The van der Waals surface area contributed by atoms with Gasteiger partial charge in [0.15, 0.2) is 5.82 Å². The predicted octanol–water partition coefficient (Wildman–Crippen LogP) is 1.16. The van der Waals surface area contributed by atoms with Crippen LogP contribution in [0, 0.1) is 6.92 Å². The Morgan fingerprint density at radius 1 is 1.65 bits per heavy atom. The molecule has 0 saturated carbocycles. The number of hydrogen-bond donors (Lipinski definition) is 1. The van der Waals surface area contributed by atoms with Crippen molar-refractivity contribution in [2.75, 3.05) is 5.32 Å². The molecule has 0 fully saturated rings. The minimum Gasteiger partial charge on any atom is -0.360 e. The average molecular weight is 235 g/mol. The second-order valence-corrected chi connectivity index (χ2v) is 3.80. The van der Waals surface area contributed by atoms with E-state index in [1.54, 1.807) is 24.0 Å². The van der Waals surface area contributed by atoms with E-state index in [2.05, 4.69) is 20.6 Å². The first-order valence-electron chi connectivity index (χ1n) is 5.22. The number of hydrogen-bond acceptors (Lipinski definition) is 5. The topological polar surface area (TPSA) is 85.8 Å². The number of aromatic nitrogens is 4. The van der Waals surface area contributed by atoms with Gasteiger partial charge in [-0.15, -0.1) is 0 Å². The summed E-state index contributed by atoms with van der Waals surface area (Å²) in [6.45, 7) is 3.66. The van der Waals surface area contributed by atoms with Gasteiger partial charge in [0.05, 0.1) is 6.04 Å². The van der Waals surface area contributed by atoms with Crippen molar-refractivity contribution in [2.45, 2.75) is 26.3 Å². The maximum absolute atomic E-state index is 11.7. The fourth-order valence-corrected chi connectivity index (χ4v) is 1.43. The monoisotopic (exact) mass is 235 g/mol. The summed E-state index contributed by atoms with van der Waals surface area (Å²) in [4.78, 5) is 15.5. The first-order chi connectivity index (χ1) is 8.15. The Hall–Kier alpha value is -2.18. The van der Waals surface area contributed by atoms with Crippen LogP contribution < -0.4 is 5.32 Å². The van der Waals surface area contributed by atoms with Crippen molar-refractivity contribution in [3.05, 3.63) is 24.5 Å². The number of carbonyl (C=O) groups excluding carboxylic acids is 1. The molecule has 1 amide bonds. The summed E-state index contributed by atoms with van der Waals surface area (Å²) in [6.07, 6.45) is 3.32. The molecule has 0 bridgehead atoms. The fraction of sp³-hybridized carbons (Fsp3) is 0.400. The average Bonchev–Trinajstić information content (AvgIpc) is 2.89. The Bertz CT molecular complexity index is 491. The molecule has 17 heavy (non-hydrogen) atoms. The minimum atomic E-state index is -0.138. The molecular weight excluding hydrogens is 222 g/mol. The summed E-state index contributed by atoms with van der Waals surface area (Å²) in [6, 6.07) is 1.61. The number of nitrogens with zero attached hydrogens (tertiary/aromatic N) is 4. The van der Waals surface area contributed by atoms with E-state index in [0.29, 0.717) is 18.0 Å². The van der Waals surface area contributed by atoms with E-state index in [4.69, 9.17) is 4.52 Å². The van der Waals surface area contributed by atoms with Gasteiger partial charge in [0, 0.05) is 12.5 Å². The molecule has 1 N–H and O–H groups in total. The van der Waals surface area contributed by atoms with Gasteiger partial charge in [-0.1, -0.05) is 5.16 Å². The van der Waals surface area contributed by atoms with E-state index in [1.807, 2.05) is 6.92 Å². The number of carbonyl (C=O) groups is 1. The van der Waals surface area contributed by atoms with Gasteiger partial charge in [-0.25, -0.2) is 9.67 Å². The van der Waals surface area contributed by atoms with Crippen LogP contribution in [0.2, 0.25) is 0 Å². The van der Waals surface area contributed by atoms with Gasteiger partial charge in [0.1, 0.15) is 18.4 Å². The highest BCUT2D eigenvalue weighted by Crippen LogP contribution is 2.11. The summed E-state index contributed by atoms with van der Waals surface area (Å²) in [5.74, 6) is 0.948. The van der Waals surface area contributed by atoms with Gasteiger partial charge in [-0.05, 0) is 13.8 Å². The number of aryl methyl sites for hydroxylation is 1. The molecule has 2 aromatic rings. The lowest BCUT2D eigenvalue weighted by Crippen LogP contribution is -2.18. The van der Waals surface area contributed by atoms with Crippen LogP contribution in [-0.2, 0) is 4.79 Å². The van der Waals surface area contributed by atoms with E-state index >= 15 is 0 Å². The summed E-state index contributed by atoms with van der Waals surface area (Å²) in [5.41, 5.74) is 0. The van der Waals surface area contributed by atoms with Crippen LogP contribution in [0.25, 0.3) is 0 Å². The van der Waals surface area contributed by atoms with Gasteiger partial charge >= 0.3 is 0 Å². The maximum atomic E-state index is 11.7. The molecule has 0 aliphatic rings. The van der Waals surface area contributed by atoms with Crippen LogP contribution in [0.1, 0.15) is 25.1 Å². The highest BCUT2D eigenvalue weighted by molar-refractivity contribution is 5.89. The van der Waals surface area contributed by atoms with Crippen molar-refractivity contribution in [3.8, 4) is 0 Å². The standard InChI is InChI=1S/C10H13N5O2/c1-7(15-6-11-5-12-15)3-10(16)13-9-4-8(2)17-14-9/h4-7H,3H2,1-2H3,(H,13,14,16). The quantitative estimate of drug-likeness (QED) is 0.859. The molecule has 90 valence electrons. The van der Waals surface area contributed by atoms with Crippen LogP contribution in [0.4, 0.5) is 5.82 Å². The van der Waals surface area contributed by atoms with Crippen LogP contribution in [0.3, 0.4) is 0 Å². The third-order valence-corrected chi connectivity index (χ3v) is 2.26. The van der Waals surface area contributed by atoms with Crippen LogP contribution in [0.5, 0.6) is 0 Å². The van der Waals surface area contributed by atoms with Crippen molar-refractivity contribution >= 4 is 11.7 Å². The molecule has 7 heteroatoms. The lowest BCUT2D eigenvalue weighted by atomic mass is 10.2. The zero-order valence-electron chi connectivity index (χ0n) is 9.62. The minimum absolute atomic E-state index is 0.0505. The number of anilines is 1. The van der Waals surface area contributed by atoms with Crippen molar-refractivity contribution in [1.29, 1.82) is 0 Å². The second-order valence-electron chi connectivity index (χ2n) is 3.80. The largest absolute Gasteiger partial charge is 0.360 e. The molecular formula is C10H13N5O2. The van der Waals surface area contributed by atoms with Crippen LogP contribution in [0.15, 0.2) is 23.2 Å². The second kappa shape index (κ2) is 4.77. The van der Waals surface area contributed by atoms with Crippen molar-refractivity contribution < 1.29 is 9.32 Å². The van der Waals surface area contributed by atoms with Crippen molar-refractivity contribution in [3.63, 3.8) is 0 Å². The van der Waals surface area contributed by atoms with Gasteiger partial charge < -0.3 is 9.84 Å². The van der Waals surface area contributed by atoms with Gasteiger partial charge in [-0.3, -0.25) is 4.79 Å². The van der Waals surface area contributed by atoms with Crippen LogP contribution >= 0.6 is 0 Å². The van der Waals surface area contributed by atoms with Gasteiger partial charge in [0.25, 0.3) is 0 Å². The Morgan fingerprint density at radius 3 is 3.06 bits per heavy atom. The molecule has 2 rings (SSSR count). The van der Waals surface area contributed by atoms with Gasteiger partial charge in [-0.2, -0.15) is 5.10 Å². The smallest absolute Gasteiger partial charge is 0.227 e. The Kier molecular flexibility index (Phi) is 3.17. The third-order valence-electron chi connectivity index (χ3n) is 2.26. The zero-order valence-corrected chi connectivity index (χ0v) is 9.62. The molecule has 0 saturated heterocycles. The van der Waals surface area contributed by atoms with E-state index in [0.717, 1.165) is 0 Å². The van der Waals surface area contributed by atoms with E-state index in [9.17, 15) is 4.79 Å². The van der Waals surface area contributed by atoms with E-state index < -0.39 is 0 Å². The SMILES string of the molecule is Cc1cc(NC(=O)CC(C)n2cncn2)no1. The highest BCUT2D eigenvalue weighted by atomic mass is 16.5. The molecule has 0 spiro atoms. The summed E-state index contributed by atoms with van der Waals surface area (Å²) < 4.78 is 6.48. The van der Waals surface area contributed by atoms with E-state index in [1.165, 1.54) is 6.33 Å². The molecule has 1 atom stereocenters. The molecule has 7 nitrogen and oxygen atoms in total. The van der Waals surface area contributed by atoms with Crippen molar-refractivity contribution in [1.82, 2.24) is 19.9 Å². The summed E-state index contributed by atoms with van der Waals surface area (Å²) in [5, 5.41) is 10.3.